The number of alkyl halides is 3. The molecule has 2 aromatic rings. The van der Waals surface area contributed by atoms with Crippen LogP contribution in [0.25, 0.3) is 11.1 Å². The molecule has 18 heavy (non-hydrogen) atoms. The number of hydrogen-bond acceptors (Lipinski definition) is 0. The minimum Gasteiger partial charge on any atom is -0.166 e. The molecule has 0 bridgehead atoms. The van der Waals surface area contributed by atoms with Crippen LogP contribution in [0.5, 0.6) is 0 Å². The average Bonchev–Trinajstić information content (AvgIpc) is 2.29. The normalized spacial score (nSPS) is 11.6. The van der Waals surface area contributed by atoms with Gasteiger partial charge in [-0.05, 0) is 64.4 Å². The third kappa shape index (κ3) is 2.68. The first kappa shape index (κ1) is 13.4. The lowest BCUT2D eigenvalue weighted by Crippen LogP contribution is -2.05. The Morgan fingerprint density at radius 2 is 1.61 bits per heavy atom. The Kier molecular flexibility index (Phi) is 3.66. The Labute approximate surface area is 117 Å². The Morgan fingerprint density at radius 3 is 2.22 bits per heavy atom. The van der Waals surface area contributed by atoms with Crippen molar-refractivity contribution in [1.29, 1.82) is 0 Å². The quantitative estimate of drug-likeness (QED) is 0.605. The van der Waals surface area contributed by atoms with Gasteiger partial charge in [-0.15, -0.1) is 0 Å². The van der Waals surface area contributed by atoms with E-state index in [0.717, 1.165) is 20.8 Å². The van der Waals surface area contributed by atoms with Crippen molar-refractivity contribution in [3.63, 3.8) is 0 Å². The summed E-state index contributed by atoms with van der Waals surface area (Å²) in [6, 6.07) is 11.3. The molecule has 0 radical (unpaired) electrons. The van der Waals surface area contributed by atoms with E-state index in [1.165, 1.54) is 12.1 Å². The maximum Gasteiger partial charge on any atom is 0.416 e. The molecule has 0 amide bonds. The number of rotatable bonds is 1. The van der Waals surface area contributed by atoms with Gasteiger partial charge < -0.3 is 0 Å². The van der Waals surface area contributed by atoms with Crippen LogP contribution in [0.3, 0.4) is 0 Å². The Morgan fingerprint density at radius 1 is 0.944 bits per heavy atom. The monoisotopic (exact) mass is 362 g/mol. The molecule has 0 aliphatic heterocycles. The second kappa shape index (κ2) is 4.91. The minimum atomic E-state index is -4.30. The number of aryl methyl sites for hydroxylation is 1. The van der Waals surface area contributed by atoms with Gasteiger partial charge in [0.25, 0.3) is 0 Å². The molecule has 0 N–H and O–H groups in total. The summed E-state index contributed by atoms with van der Waals surface area (Å²) >= 11 is 2.06. The summed E-state index contributed by atoms with van der Waals surface area (Å²) in [6.45, 7) is 1.89. The molecule has 4 heteroatoms. The number of benzene rings is 2. The van der Waals surface area contributed by atoms with E-state index in [4.69, 9.17) is 0 Å². The lowest BCUT2D eigenvalue weighted by atomic mass is 9.99. The van der Waals surface area contributed by atoms with Crippen LogP contribution < -0.4 is 0 Å². The summed E-state index contributed by atoms with van der Waals surface area (Å²) in [6.07, 6.45) is -4.30. The van der Waals surface area contributed by atoms with Crippen LogP contribution in [0, 0.1) is 10.5 Å². The zero-order valence-electron chi connectivity index (χ0n) is 9.55. The fourth-order valence-corrected chi connectivity index (χ4v) is 2.41. The van der Waals surface area contributed by atoms with Crippen molar-refractivity contribution in [3.8, 4) is 11.1 Å². The van der Waals surface area contributed by atoms with E-state index < -0.39 is 11.7 Å². The van der Waals surface area contributed by atoms with Crippen LogP contribution in [0.4, 0.5) is 13.2 Å². The highest BCUT2D eigenvalue weighted by Gasteiger charge is 2.31. The SMILES string of the molecule is Cc1ccccc1-c1cc(C(F)(F)F)ccc1I. The van der Waals surface area contributed by atoms with Crippen molar-refractivity contribution < 1.29 is 13.2 Å². The topological polar surface area (TPSA) is 0 Å². The van der Waals surface area contributed by atoms with Gasteiger partial charge in [0.05, 0.1) is 5.56 Å². The van der Waals surface area contributed by atoms with Crippen molar-refractivity contribution in [2.45, 2.75) is 13.1 Å². The zero-order valence-corrected chi connectivity index (χ0v) is 11.7. The molecule has 0 fully saturated rings. The van der Waals surface area contributed by atoms with E-state index >= 15 is 0 Å². The Bertz CT molecular complexity index is 573. The first-order chi connectivity index (χ1) is 8.39. The highest BCUT2D eigenvalue weighted by Crippen LogP contribution is 2.35. The molecule has 0 atom stereocenters. The molecule has 0 heterocycles. The fraction of sp³-hybridized carbons (Fsp3) is 0.143. The molecule has 0 aromatic heterocycles. The van der Waals surface area contributed by atoms with Crippen LogP contribution in [-0.2, 0) is 6.18 Å². The third-order valence-electron chi connectivity index (χ3n) is 2.73. The molecule has 0 aliphatic rings. The molecular weight excluding hydrogens is 352 g/mol. The second-order valence-electron chi connectivity index (χ2n) is 4.01. The molecule has 0 unspecified atom stereocenters. The van der Waals surface area contributed by atoms with Crippen molar-refractivity contribution in [2.24, 2.45) is 0 Å². The van der Waals surface area contributed by atoms with E-state index in [1.54, 1.807) is 0 Å². The summed E-state index contributed by atoms with van der Waals surface area (Å²) in [5, 5.41) is 0. The van der Waals surface area contributed by atoms with Gasteiger partial charge in [-0.25, -0.2) is 0 Å². The predicted octanol–water partition coefficient (Wildman–Crippen LogP) is 5.29. The highest BCUT2D eigenvalue weighted by atomic mass is 127. The molecule has 0 saturated heterocycles. The van der Waals surface area contributed by atoms with Gasteiger partial charge in [-0.2, -0.15) is 13.2 Å². The van der Waals surface area contributed by atoms with Crippen molar-refractivity contribution in [1.82, 2.24) is 0 Å². The summed E-state index contributed by atoms with van der Waals surface area (Å²) < 4.78 is 39.0. The van der Waals surface area contributed by atoms with E-state index in [9.17, 15) is 13.2 Å². The fourth-order valence-electron chi connectivity index (χ4n) is 1.78. The Balaban J connectivity index is 2.61. The van der Waals surface area contributed by atoms with E-state index in [-0.39, 0.29) is 0 Å². The maximum atomic E-state index is 12.7. The first-order valence-corrected chi connectivity index (χ1v) is 6.40. The maximum absolute atomic E-state index is 12.7. The lowest BCUT2D eigenvalue weighted by Gasteiger charge is -2.12. The molecule has 2 rings (SSSR count). The van der Waals surface area contributed by atoms with Gasteiger partial charge in [0.1, 0.15) is 0 Å². The van der Waals surface area contributed by atoms with Gasteiger partial charge in [0, 0.05) is 3.57 Å². The molecule has 0 nitrogen and oxygen atoms in total. The van der Waals surface area contributed by atoms with Crippen LogP contribution in [0.15, 0.2) is 42.5 Å². The molecule has 0 aliphatic carbocycles. The van der Waals surface area contributed by atoms with Crippen LogP contribution >= 0.6 is 22.6 Å². The second-order valence-corrected chi connectivity index (χ2v) is 5.17. The van der Waals surface area contributed by atoms with Crippen LogP contribution in [0.2, 0.25) is 0 Å². The van der Waals surface area contributed by atoms with Gasteiger partial charge in [-0.3, -0.25) is 0 Å². The molecule has 0 spiro atoms. The first-order valence-electron chi connectivity index (χ1n) is 5.32. The van der Waals surface area contributed by atoms with Crippen molar-refractivity contribution in [2.75, 3.05) is 0 Å². The van der Waals surface area contributed by atoms with Crippen molar-refractivity contribution in [3.05, 3.63) is 57.2 Å². The van der Waals surface area contributed by atoms with Crippen LogP contribution in [0.1, 0.15) is 11.1 Å². The van der Waals surface area contributed by atoms with E-state index in [2.05, 4.69) is 22.6 Å². The Hall–Kier alpha value is -1.04. The standard InChI is InChI=1S/C14H10F3I/c1-9-4-2-3-5-11(9)12-8-10(14(15,16)17)6-7-13(12)18/h2-8H,1H3. The number of hydrogen-bond donors (Lipinski definition) is 0. The van der Waals surface area contributed by atoms with E-state index in [0.29, 0.717) is 5.56 Å². The van der Waals surface area contributed by atoms with Gasteiger partial charge in [-0.1, -0.05) is 24.3 Å². The van der Waals surface area contributed by atoms with Crippen LogP contribution in [-0.4, -0.2) is 0 Å². The van der Waals surface area contributed by atoms with Gasteiger partial charge in [0.2, 0.25) is 0 Å². The average molecular weight is 362 g/mol. The molecule has 0 saturated carbocycles. The minimum absolute atomic E-state index is 0.610. The predicted molar refractivity (Wildman–Crippen MR) is 74.3 cm³/mol. The van der Waals surface area contributed by atoms with Crippen molar-refractivity contribution >= 4 is 22.6 Å². The van der Waals surface area contributed by atoms with Gasteiger partial charge >= 0.3 is 6.18 Å². The highest BCUT2D eigenvalue weighted by molar-refractivity contribution is 14.1. The van der Waals surface area contributed by atoms with Gasteiger partial charge in [0.15, 0.2) is 0 Å². The summed E-state index contributed by atoms with van der Waals surface area (Å²) in [7, 11) is 0. The number of halogens is 4. The zero-order chi connectivity index (χ0) is 13.3. The summed E-state index contributed by atoms with van der Waals surface area (Å²) in [5.41, 5.74) is 1.83. The third-order valence-corrected chi connectivity index (χ3v) is 3.67. The van der Waals surface area contributed by atoms with E-state index in [1.807, 2.05) is 31.2 Å². The largest absolute Gasteiger partial charge is 0.416 e. The molecule has 2 aromatic carbocycles. The molecular formula is C14H10F3I. The molecule has 94 valence electrons. The lowest BCUT2D eigenvalue weighted by molar-refractivity contribution is -0.137. The summed E-state index contributed by atoms with van der Waals surface area (Å²) in [5.74, 6) is 0. The summed E-state index contributed by atoms with van der Waals surface area (Å²) in [4.78, 5) is 0. The smallest absolute Gasteiger partial charge is 0.166 e.